The van der Waals surface area contributed by atoms with Crippen molar-refractivity contribution in [3.05, 3.63) is 0 Å². The van der Waals surface area contributed by atoms with E-state index in [0.717, 1.165) is 6.42 Å². The summed E-state index contributed by atoms with van der Waals surface area (Å²) in [5.74, 6) is 2.00. The molecule has 20 heavy (non-hydrogen) atoms. The van der Waals surface area contributed by atoms with Crippen molar-refractivity contribution in [3.63, 3.8) is 0 Å². The number of anilines is 1. The first-order valence-corrected chi connectivity index (χ1v) is 8.04. The van der Waals surface area contributed by atoms with Gasteiger partial charge in [-0.25, -0.2) is 0 Å². The van der Waals surface area contributed by atoms with Gasteiger partial charge in [0.05, 0.1) is 5.75 Å². The van der Waals surface area contributed by atoms with Crippen molar-refractivity contribution in [2.24, 2.45) is 18.9 Å². The Labute approximate surface area is 123 Å². The molecule has 0 saturated heterocycles. The van der Waals surface area contributed by atoms with Gasteiger partial charge in [0.1, 0.15) is 0 Å². The Morgan fingerprint density at radius 2 is 2.20 bits per heavy atom. The molecule has 0 spiro atoms. The van der Waals surface area contributed by atoms with E-state index >= 15 is 0 Å². The molecule has 1 aliphatic rings. The minimum absolute atomic E-state index is 0.0579. The summed E-state index contributed by atoms with van der Waals surface area (Å²) in [7, 11) is 1.79. The molecular weight excluding hydrogens is 274 g/mol. The van der Waals surface area contributed by atoms with E-state index in [1.165, 1.54) is 24.6 Å². The van der Waals surface area contributed by atoms with Gasteiger partial charge >= 0.3 is 0 Å². The van der Waals surface area contributed by atoms with Crippen LogP contribution in [0.4, 0.5) is 5.95 Å². The number of nitrogens with one attached hydrogen (secondary N) is 1. The monoisotopic (exact) mass is 297 g/mol. The molecule has 0 aromatic carbocycles. The molecule has 1 amide bonds. The smallest absolute Gasteiger partial charge is 0.230 e. The fourth-order valence-electron chi connectivity index (χ4n) is 2.62. The number of nitrogen functional groups attached to an aromatic ring is 1. The molecule has 2 rings (SSSR count). The summed E-state index contributed by atoms with van der Waals surface area (Å²) in [6.45, 7) is 4.49. The van der Waals surface area contributed by atoms with E-state index in [2.05, 4.69) is 29.4 Å². The Bertz CT molecular complexity index is 475. The number of rotatable bonds is 4. The standard InChI is InChI=1S/C13H23N5OS/c1-8-5-4-6-10(9(8)2)15-11(19)7-20-13-17-16-12(14)18(13)3/h8-10H,4-7H2,1-3H3,(H2,14,16)(H,15,19). The van der Waals surface area contributed by atoms with Gasteiger partial charge in [0.15, 0.2) is 5.16 Å². The van der Waals surface area contributed by atoms with E-state index in [1.54, 1.807) is 11.6 Å². The van der Waals surface area contributed by atoms with Crippen LogP contribution in [0.15, 0.2) is 5.16 Å². The predicted octanol–water partition coefficient (Wildman–Crippen LogP) is 1.43. The zero-order valence-electron chi connectivity index (χ0n) is 12.3. The highest BCUT2D eigenvalue weighted by Crippen LogP contribution is 2.29. The van der Waals surface area contributed by atoms with Crippen LogP contribution in [0.3, 0.4) is 0 Å². The summed E-state index contributed by atoms with van der Waals surface area (Å²) in [4.78, 5) is 12.0. The van der Waals surface area contributed by atoms with Crippen molar-refractivity contribution < 1.29 is 4.79 Å². The average molecular weight is 297 g/mol. The third-order valence-electron chi connectivity index (χ3n) is 4.25. The number of hydrogen-bond donors (Lipinski definition) is 2. The summed E-state index contributed by atoms with van der Waals surface area (Å²) in [6.07, 6.45) is 3.54. The summed E-state index contributed by atoms with van der Waals surface area (Å²) in [5, 5.41) is 11.5. The highest BCUT2D eigenvalue weighted by atomic mass is 32.2. The van der Waals surface area contributed by atoms with Crippen molar-refractivity contribution in [3.8, 4) is 0 Å². The summed E-state index contributed by atoms with van der Waals surface area (Å²) < 4.78 is 1.68. The van der Waals surface area contributed by atoms with Gasteiger partial charge in [-0.1, -0.05) is 38.5 Å². The SMILES string of the molecule is CC1CCCC(NC(=O)CSc2nnc(N)n2C)C1C. The van der Waals surface area contributed by atoms with Crippen LogP contribution in [0, 0.1) is 11.8 Å². The van der Waals surface area contributed by atoms with Crippen molar-refractivity contribution in [1.82, 2.24) is 20.1 Å². The van der Waals surface area contributed by atoms with Crippen molar-refractivity contribution in [2.45, 2.75) is 44.3 Å². The molecule has 6 nitrogen and oxygen atoms in total. The largest absolute Gasteiger partial charge is 0.368 e. The normalized spacial score (nSPS) is 26.4. The van der Waals surface area contributed by atoms with E-state index in [0.29, 0.717) is 34.7 Å². The second-order valence-electron chi connectivity index (χ2n) is 5.63. The van der Waals surface area contributed by atoms with Gasteiger partial charge < -0.3 is 11.1 Å². The van der Waals surface area contributed by atoms with Crippen LogP contribution < -0.4 is 11.1 Å². The van der Waals surface area contributed by atoms with Gasteiger partial charge in [0.2, 0.25) is 11.9 Å². The van der Waals surface area contributed by atoms with Crippen LogP contribution in [0.2, 0.25) is 0 Å². The van der Waals surface area contributed by atoms with Crippen LogP contribution in [-0.4, -0.2) is 32.5 Å². The van der Waals surface area contributed by atoms with E-state index < -0.39 is 0 Å². The van der Waals surface area contributed by atoms with E-state index in [9.17, 15) is 4.79 Å². The molecule has 3 unspecified atom stereocenters. The van der Waals surface area contributed by atoms with Crippen LogP contribution in [0.25, 0.3) is 0 Å². The van der Waals surface area contributed by atoms with Crippen LogP contribution >= 0.6 is 11.8 Å². The number of nitrogens with zero attached hydrogens (tertiary/aromatic N) is 3. The molecule has 3 N–H and O–H groups in total. The molecule has 0 bridgehead atoms. The number of carbonyl (C=O) groups excluding carboxylic acids is 1. The van der Waals surface area contributed by atoms with Gasteiger partial charge in [-0.2, -0.15) is 0 Å². The summed E-state index contributed by atoms with van der Waals surface area (Å²) in [5.41, 5.74) is 5.61. The first kappa shape index (κ1) is 15.2. The zero-order chi connectivity index (χ0) is 14.7. The Balaban J connectivity index is 1.82. The minimum atomic E-state index is 0.0579. The molecule has 1 aliphatic carbocycles. The molecule has 7 heteroatoms. The highest BCUT2D eigenvalue weighted by Gasteiger charge is 2.28. The molecule has 1 fully saturated rings. The predicted molar refractivity (Wildman–Crippen MR) is 80.2 cm³/mol. The fourth-order valence-corrected chi connectivity index (χ4v) is 3.35. The first-order valence-electron chi connectivity index (χ1n) is 7.06. The van der Waals surface area contributed by atoms with Crippen molar-refractivity contribution >= 4 is 23.6 Å². The maximum absolute atomic E-state index is 12.0. The fraction of sp³-hybridized carbons (Fsp3) is 0.769. The Morgan fingerprint density at radius 3 is 2.85 bits per heavy atom. The summed E-state index contributed by atoms with van der Waals surface area (Å²) in [6, 6.07) is 0.302. The topological polar surface area (TPSA) is 85.8 Å². The molecule has 112 valence electrons. The van der Waals surface area contributed by atoms with Gasteiger partial charge in [0, 0.05) is 13.1 Å². The van der Waals surface area contributed by atoms with Crippen LogP contribution in [0.1, 0.15) is 33.1 Å². The van der Waals surface area contributed by atoms with Gasteiger partial charge in [-0.15, -0.1) is 10.2 Å². The number of aromatic nitrogens is 3. The molecular formula is C13H23N5OS. The Morgan fingerprint density at radius 1 is 1.45 bits per heavy atom. The maximum Gasteiger partial charge on any atom is 0.230 e. The Hall–Kier alpha value is -1.24. The van der Waals surface area contributed by atoms with Crippen LogP contribution in [0.5, 0.6) is 0 Å². The number of nitrogens with two attached hydrogens (primary N) is 1. The lowest BCUT2D eigenvalue weighted by atomic mass is 9.78. The van der Waals surface area contributed by atoms with Gasteiger partial charge in [-0.3, -0.25) is 9.36 Å². The molecule has 1 heterocycles. The highest BCUT2D eigenvalue weighted by molar-refractivity contribution is 7.99. The first-order chi connectivity index (χ1) is 9.49. The molecule has 1 aromatic heterocycles. The van der Waals surface area contributed by atoms with E-state index in [4.69, 9.17) is 5.73 Å². The molecule has 1 aromatic rings. The number of amides is 1. The minimum Gasteiger partial charge on any atom is -0.368 e. The zero-order valence-corrected chi connectivity index (χ0v) is 13.1. The lowest BCUT2D eigenvalue weighted by molar-refractivity contribution is -0.120. The number of carbonyl (C=O) groups is 1. The van der Waals surface area contributed by atoms with E-state index in [-0.39, 0.29) is 5.91 Å². The third kappa shape index (κ3) is 3.45. The third-order valence-corrected chi connectivity index (χ3v) is 5.27. The van der Waals surface area contributed by atoms with Crippen molar-refractivity contribution in [1.29, 1.82) is 0 Å². The number of thioether (sulfide) groups is 1. The molecule has 3 atom stereocenters. The van der Waals surface area contributed by atoms with Gasteiger partial charge in [-0.05, 0) is 18.3 Å². The van der Waals surface area contributed by atoms with E-state index in [1.807, 2.05) is 0 Å². The maximum atomic E-state index is 12.0. The molecule has 0 aliphatic heterocycles. The second kappa shape index (κ2) is 6.47. The lowest BCUT2D eigenvalue weighted by Crippen LogP contribution is -2.44. The van der Waals surface area contributed by atoms with Crippen LogP contribution in [-0.2, 0) is 11.8 Å². The molecule has 1 saturated carbocycles. The number of hydrogen-bond acceptors (Lipinski definition) is 5. The quantitative estimate of drug-likeness (QED) is 0.821. The molecule has 0 radical (unpaired) electrons. The summed E-state index contributed by atoms with van der Waals surface area (Å²) >= 11 is 1.36. The van der Waals surface area contributed by atoms with Gasteiger partial charge in [0.25, 0.3) is 0 Å². The Kier molecular flexibility index (Phi) is 4.91. The average Bonchev–Trinajstić information content (AvgIpc) is 2.73. The second-order valence-corrected chi connectivity index (χ2v) is 6.57. The van der Waals surface area contributed by atoms with Crippen molar-refractivity contribution in [2.75, 3.05) is 11.5 Å². The lowest BCUT2D eigenvalue weighted by Gasteiger charge is -2.34.